The molecule has 0 aliphatic carbocycles. The first-order valence-corrected chi connectivity index (χ1v) is 7.24. The van der Waals surface area contributed by atoms with Crippen molar-refractivity contribution in [3.63, 3.8) is 0 Å². The standard InChI is InChI=1S/C18H25NO2/c1-5-6-7-11-14-16(15-12-9-8-10-13-15)19-17(20)21-18(2,3)4/h5-10,12-13,16H,1,11,14H2,2-4H3,(H,19,20)/b7-6+. The van der Waals surface area contributed by atoms with Crippen molar-refractivity contribution in [3.8, 4) is 0 Å². The van der Waals surface area contributed by atoms with E-state index < -0.39 is 5.60 Å². The first kappa shape index (κ1) is 17.0. The SMILES string of the molecule is C=C/C=C/CCC(NC(=O)OC(C)(C)C)c1ccccc1. The normalized spacial score (nSPS) is 12.9. The van der Waals surface area contributed by atoms with Gasteiger partial charge in [-0.05, 0) is 39.2 Å². The average Bonchev–Trinajstić information content (AvgIpc) is 2.41. The summed E-state index contributed by atoms with van der Waals surface area (Å²) in [5.74, 6) is 0. The van der Waals surface area contributed by atoms with E-state index in [1.807, 2.05) is 63.3 Å². The molecule has 0 saturated carbocycles. The molecule has 3 heteroatoms. The minimum atomic E-state index is -0.492. The van der Waals surface area contributed by atoms with Gasteiger partial charge in [-0.25, -0.2) is 4.79 Å². The maximum absolute atomic E-state index is 12.0. The summed E-state index contributed by atoms with van der Waals surface area (Å²) in [6, 6.07) is 9.87. The van der Waals surface area contributed by atoms with Crippen LogP contribution in [0.4, 0.5) is 4.79 Å². The van der Waals surface area contributed by atoms with Crippen LogP contribution in [0.25, 0.3) is 0 Å². The van der Waals surface area contributed by atoms with Gasteiger partial charge in [-0.15, -0.1) is 0 Å². The van der Waals surface area contributed by atoms with Crippen LogP contribution in [0.15, 0.2) is 55.1 Å². The Bertz CT molecular complexity index is 472. The molecule has 0 heterocycles. The van der Waals surface area contributed by atoms with E-state index in [-0.39, 0.29) is 12.1 Å². The lowest BCUT2D eigenvalue weighted by molar-refractivity contribution is 0.0501. The zero-order chi connectivity index (χ0) is 15.7. The number of rotatable bonds is 6. The monoisotopic (exact) mass is 287 g/mol. The third kappa shape index (κ3) is 7.35. The molecule has 0 aliphatic heterocycles. The van der Waals surface area contributed by atoms with E-state index in [2.05, 4.69) is 11.9 Å². The summed E-state index contributed by atoms with van der Waals surface area (Å²) in [4.78, 5) is 12.0. The van der Waals surface area contributed by atoms with Crippen molar-refractivity contribution in [2.45, 2.75) is 45.3 Å². The van der Waals surface area contributed by atoms with Crippen molar-refractivity contribution in [3.05, 3.63) is 60.7 Å². The molecule has 0 aromatic heterocycles. The smallest absolute Gasteiger partial charge is 0.408 e. The van der Waals surface area contributed by atoms with Gasteiger partial charge in [0.1, 0.15) is 5.60 Å². The third-order valence-corrected chi connectivity index (χ3v) is 2.79. The number of hydrogen-bond acceptors (Lipinski definition) is 2. The van der Waals surface area contributed by atoms with E-state index in [0.717, 1.165) is 18.4 Å². The van der Waals surface area contributed by atoms with E-state index in [1.54, 1.807) is 6.08 Å². The van der Waals surface area contributed by atoms with E-state index in [0.29, 0.717) is 0 Å². The third-order valence-electron chi connectivity index (χ3n) is 2.79. The Morgan fingerprint density at radius 2 is 2.00 bits per heavy atom. The molecule has 0 aliphatic rings. The van der Waals surface area contributed by atoms with Gasteiger partial charge < -0.3 is 10.1 Å². The number of alkyl carbamates (subject to hydrolysis) is 1. The van der Waals surface area contributed by atoms with E-state index in [1.165, 1.54) is 0 Å². The summed E-state index contributed by atoms with van der Waals surface area (Å²) in [6.07, 6.45) is 6.99. The van der Waals surface area contributed by atoms with E-state index in [9.17, 15) is 4.79 Å². The quantitative estimate of drug-likeness (QED) is 0.765. The highest BCUT2D eigenvalue weighted by molar-refractivity contribution is 5.68. The number of amides is 1. The van der Waals surface area contributed by atoms with Gasteiger partial charge >= 0.3 is 6.09 Å². The van der Waals surface area contributed by atoms with Crippen molar-refractivity contribution < 1.29 is 9.53 Å². The van der Waals surface area contributed by atoms with Crippen LogP contribution in [0.2, 0.25) is 0 Å². The molecule has 3 nitrogen and oxygen atoms in total. The molecule has 1 aromatic rings. The number of benzene rings is 1. The van der Waals surface area contributed by atoms with Crippen LogP contribution in [-0.2, 0) is 4.74 Å². The number of hydrogen-bond donors (Lipinski definition) is 1. The molecule has 0 radical (unpaired) electrons. The van der Waals surface area contributed by atoms with Gasteiger partial charge in [0.25, 0.3) is 0 Å². The van der Waals surface area contributed by atoms with Crippen LogP contribution in [0.3, 0.4) is 0 Å². The van der Waals surface area contributed by atoms with E-state index in [4.69, 9.17) is 4.74 Å². The van der Waals surface area contributed by atoms with Gasteiger partial charge in [0, 0.05) is 0 Å². The molecule has 0 bridgehead atoms. The Kier molecular flexibility index (Phi) is 6.73. The second kappa shape index (κ2) is 8.30. The highest BCUT2D eigenvalue weighted by atomic mass is 16.6. The summed E-state index contributed by atoms with van der Waals surface area (Å²) >= 11 is 0. The molecule has 114 valence electrons. The van der Waals surface area contributed by atoms with Crippen LogP contribution in [-0.4, -0.2) is 11.7 Å². The molecule has 0 spiro atoms. The second-order valence-electron chi connectivity index (χ2n) is 5.85. The molecule has 21 heavy (non-hydrogen) atoms. The molecule has 0 saturated heterocycles. The van der Waals surface area contributed by atoms with Crippen molar-refractivity contribution in [1.82, 2.24) is 5.32 Å². The lowest BCUT2D eigenvalue weighted by Gasteiger charge is -2.23. The van der Waals surface area contributed by atoms with Gasteiger partial charge in [-0.3, -0.25) is 0 Å². The fourth-order valence-corrected chi connectivity index (χ4v) is 1.91. The maximum Gasteiger partial charge on any atom is 0.408 e. The topological polar surface area (TPSA) is 38.3 Å². The Morgan fingerprint density at radius 3 is 2.57 bits per heavy atom. The van der Waals surface area contributed by atoms with Crippen LogP contribution < -0.4 is 5.32 Å². The van der Waals surface area contributed by atoms with Crippen LogP contribution >= 0.6 is 0 Å². The zero-order valence-corrected chi connectivity index (χ0v) is 13.1. The van der Waals surface area contributed by atoms with Gasteiger partial charge in [0.15, 0.2) is 0 Å². The number of ether oxygens (including phenoxy) is 1. The van der Waals surface area contributed by atoms with Crippen molar-refractivity contribution in [1.29, 1.82) is 0 Å². The molecule has 1 atom stereocenters. The second-order valence-corrected chi connectivity index (χ2v) is 5.85. The number of carbonyl (C=O) groups is 1. The molecule has 1 rings (SSSR count). The fourth-order valence-electron chi connectivity index (χ4n) is 1.91. The van der Waals surface area contributed by atoms with Crippen molar-refractivity contribution >= 4 is 6.09 Å². The molecule has 1 aromatic carbocycles. The first-order valence-electron chi connectivity index (χ1n) is 7.24. The van der Waals surface area contributed by atoms with Crippen LogP contribution in [0.5, 0.6) is 0 Å². The van der Waals surface area contributed by atoms with Gasteiger partial charge in [0.05, 0.1) is 6.04 Å². The minimum Gasteiger partial charge on any atom is -0.444 e. The van der Waals surface area contributed by atoms with Crippen LogP contribution in [0.1, 0.15) is 45.2 Å². The van der Waals surface area contributed by atoms with Crippen molar-refractivity contribution in [2.24, 2.45) is 0 Å². The Labute approximate surface area is 127 Å². The first-order chi connectivity index (χ1) is 9.92. The number of carbonyl (C=O) groups excluding carboxylic acids is 1. The number of allylic oxidation sites excluding steroid dienone is 3. The summed E-state index contributed by atoms with van der Waals surface area (Å²) in [5.41, 5.74) is 0.587. The lowest BCUT2D eigenvalue weighted by Crippen LogP contribution is -2.35. The molecule has 1 unspecified atom stereocenters. The molecule has 1 N–H and O–H groups in total. The Morgan fingerprint density at radius 1 is 1.33 bits per heavy atom. The van der Waals surface area contributed by atoms with Gasteiger partial charge in [-0.2, -0.15) is 0 Å². The van der Waals surface area contributed by atoms with Gasteiger partial charge in [-0.1, -0.05) is 55.1 Å². The summed E-state index contributed by atoms with van der Waals surface area (Å²) in [6.45, 7) is 9.22. The summed E-state index contributed by atoms with van der Waals surface area (Å²) in [7, 11) is 0. The van der Waals surface area contributed by atoms with Crippen molar-refractivity contribution in [2.75, 3.05) is 0 Å². The largest absolute Gasteiger partial charge is 0.444 e. The summed E-state index contributed by atoms with van der Waals surface area (Å²) < 4.78 is 5.33. The average molecular weight is 287 g/mol. The van der Waals surface area contributed by atoms with E-state index >= 15 is 0 Å². The molecular formula is C18H25NO2. The lowest BCUT2D eigenvalue weighted by atomic mass is 10.0. The predicted octanol–water partition coefficient (Wildman–Crippen LogP) is 4.77. The highest BCUT2D eigenvalue weighted by Crippen LogP contribution is 2.19. The zero-order valence-electron chi connectivity index (χ0n) is 13.1. The predicted molar refractivity (Wildman–Crippen MR) is 87.1 cm³/mol. The summed E-state index contributed by atoms with van der Waals surface area (Å²) in [5, 5.41) is 2.95. The van der Waals surface area contributed by atoms with Gasteiger partial charge in [0.2, 0.25) is 0 Å². The molecular weight excluding hydrogens is 262 g/mol. The molecule has 0 fully saturated rings. The Hall–Kier alpha value is -2.03. The number of nitrogens with one attached hydrogen (secondary N) is 1. The Balaban J connectivity index is 2.70. The minimum absolute atomic E-state index is 0.0597. The molecule has 1 amide bonds. The van der Waals surface area contributed by atoms with Crippen LogP contribution in [0, 0.1) is 0 Å². The highest BCUT2D eigenvalue weighted by Gasteiger charge is 2.20. The fraction of sp³-hybridized carbons (Fsp3) is 0.389. The maximum atomic E-state index is 12.0.